The number of nitrogens with one attached hydrogen (secondary N) is 1. The maximum atomic E-state index is 9.41. The lowest BCUT2D eigenvalue weighted by Crippen LogP contribution is -2.19. The first kappa shape index (κ1) is 13.0. The molecule has 0 aliphatic carbocycles. The van der Waals surface area contributed by atoms with Crippen molar-refractivity contribution in [3.05, 3.63) is 23.9 Å². The number of anilines is 1. The van der Waals surface area contributed by atoms with E-state index in [1.807, 2.05) is 19.2 Å². The summed E-state index contributed by atoms with van der Waals surface area (Å²) in [6, 6.07) is 4.04. The first-order valence-corrected chi connectivity index (χ1v) is 5.82. The van der Waals surface area contributed by atoms with Gasteiger partial charge in [-0.2, -0.15) is 0 Å². The molecule has 3 nitrogen and oxygen atoms in total. The molecule has 90 valence electrons. The number of rotatable bonds is 4. The van der Waals surface area contributed by atoms with Crippen LogP contribution in [0.25, 0.3) is 0 Å². The molecule has 0 aliphatic heterocycles. The zero-order chi connectivity index (χ0) is 12.2. The summed E-state index contributed by atoms with van der Waals surface area (Å²) in [6.45, 7) is 9.01. The standard InChI is InChI=1S/C13H22N2O/c1-5-11(16)9-15-12-7-6-10(8-14-12)13(2,3)4/h6-8,11,16H,5,9H2,1-4H3,(H,14,15). The normalized spacial score (nSPS) is 13.6. The summed E-state index contributed by atoms with van der Waals surface area (Å²) < 4.78 is 0. The Morgan fingerprint density at radius 3 is 2.50 bits per heavy atom. The van der Waals surface area contributed by atoms with Gasteiger partial charge in [-0.1, -0.05) is 33.8 Å². The lowest BCUT2D eigenvalue weighted by atomic mass is 9.88. The molecule has 1 atom stereocenters. The van der Waals surface area contributed by atoms with Crippen LogP contribution in [0.4, 0.5) is 5.82 Å². The Balaban J connectivity index is 2.58. The molecule has 1 heterocycles. The van der Waals surface area contributed by atoms with Crippen molar-refractivity contribution in [2.24, 2.45) is 0 Å². The van der Waals surface area contributed by atoms with Crippen LogP contribution in [0.15, 0.2) is 18.3 Å². The van der Waals surface area contributed by atoms with Gasteiger partial charge in [0.05, 0.1) is 6.10 Å². The average molecular weight is 222 g/mol. The highest BCUT2D eigenvalue weighted by atomic mass is 16.3. The first-order valence-electron chi connectivity index (χ1n) is 5.82. The molecule has 0 saturated heterocycles. The molecule has 2 N–H and O–H groups in total. The van der Waals surface area contributed by atoms with E-state index < -0.39 is 0 Å². The lowest BCUT2D eigenvalue weighted by molar-refractivity contribution is 0.183. The van der Waals surface area contributed by atoms with E-state index in [0.29, 0.717) is 6.54 Å². The van der Waals surface area contributed by atoms with E-state index in [2.05, 4.69) is 37.1 Å². The van der Waals surface area contributed by atoms with Crippen LogP contribution in [-0.4, -0.2) is 22.7 Å². The van der Waals surface area contributed by atoms with Crippen molar-refractivity contribution in [2.45, 2.75) is 45.6 Å². The fourth-order valence-corrected chi connectivity index (χ4v) is 1.31. The van der Waals surface area contributed by atoms with Crippen molar-refractivity contribution >= 4 is 5.82 Å². The molecule has 0 aromatic carbocycles. The molecule has 1 unspecified atom stereocenters. The molecule has 16 heavy (non-hydrogen) atoms. The van der Waals surface area contributed by atoms with E-state index in [1.54, 1.807) is 0 Å². The second-order valence-electron chi connectivity index (χ2n) is 5.13. The SMILES string of the molecule is CCC(O)CNc1ccc(C(C)(C)C)cn1. The number of hydrogen-bond donors (Lipinski definition) is 2. The van der Waals surface area contributed by atoms with Gasteiger partial charge >= 0.3 is 0 Å². The smallest absolute Gasteiger partial charge is 0.125 e. The van der Waals surface area contributed by atoms with Crippen molar-refractivity contribution in [2.75, 3.05) is 11.9 Å². The Morgan fingerprint density at radius 1 is 1.38 bits per heavy atom. The molecule has 0 amide bonds. The molecule has 3 heteroatoms. The van der Waals surface area contributed by atoms with Crippen molar-refractivity contribution < 1.29 is 5.11 Å². The van der Waals surface area contributed by atoms with Gasteiger partial charge in [-0.15, -0.1) is 0 Å². The molecule has 1 aromatic heterocycles. The van der Waals surface area contributed by atoms with Crippen molar-refractivity contribution in [3.63, 3.8) is 0 Å². The minimum absolute atomic E-state index is 0.133. The topological polar surface area (TPSA) is 45.1 Å². The molecular weight excluding hydrogens is 200 g/mol. The largest absolute Gasteiger partial charge is 0.391 e. The highest BCUT2D eigenvalue weighted by Gasteiger charge is 2.13. The Kier molecular flexibility index (Phi) is 4.30. The third kappa shape index (κ3) is 3.81. The molecule has 0 bridgehead atoms. The second kappa shape index (κ2) is 5.30. The van der Waals surface area contributed by atoms with Gasteiger partial charge in [0.1, 0.15) is 5.82 Å². The van der Waals surface area contributed by atoms with Crippen LogP contribution in [0.1, 0.15) is 39.7 Å². The van der Waals surface area contributed by atoms with E-state index in [1.165, 1.54) is 5.56 Å². The summed E-state index contributed by atoms with van der Waals surface area (Å²) >= 11 is 0. The zero-order valence-corrected chi connectivity index (χ0v) is 10.6. The fraction of sp³-hybridized carbons (Fsp3) is 0.615. The average Bonchev–Trinajstić information content (AvgIpc) is 2.25. The van der Waals surface area contributed by atoms with Crippen LogP contribution in [0, 0.1) is 0 Å². The van der Waals surface area contributed by atoms with Gasteiger partial charge in [-0.3, -0.25) is 0 Å². The van der Waals surface area contributed by atoms with Gasteiger partial charge in [-0.05, 0) is 23.5 Å². The molecule has 0 spiro atoms. The maximum absolute atomic E-state index is 9.41. The highest BCUT2D eigenvalue weighted by molar-refractivity contribution is 5.37. The van der Waals surface area contributed by atoms with E-state index in [9.17, 15) is 5.11 Å². The third-order valence-electron chi connectivity index (χ3n) is 2.62. The van der Waals surface area contributed by atoms with Crippen LogP contribution < -0.4 is 5.32 Å². The Morgan fingerprint density at radius 2 is 2.06 bits per heavy atom. The molecule has 0 aliphatic rings. The first-order chi connectivity index (χ1) is 7.43. The molecule has 1 rings (SSSR count). The van der Waals surface area contributed by atoms with Crippen LogP contribution in [0.5, 0.6) is 0 Å². The van der Waals surface area contributed by atoms with Gasteiger partial charge < -0.3 is 10.4 Å². The summed E-state index contributed by atoms with van der Waals surface area (Å²) in [4.78, 5) is 4.33. The second-order valence-corrected chi connectivity index (χ2v) is 5.13. The Hall–Kier alpha value is -1.09. The predicted octanol–water partition coefficient (Wildman–Crippen LogP) is 2.56. The molecule has 0 saturated carbocycles. The monoisotopic (exact) mass is 222 g/mol. The number of aliphatic hydroxyl groups excluding tert-OH is 1. The quantitative estimate of drug-likeness (QED) is 0.823. The molecule has 0 radical (unpaired) electrons. The summed E-state index contributed by atoms with van der Waals surface area (Å²) in [6.07, 6.45) is 2.34. The molecule has 1 aromatic rings. The van der Waals surface area contributed by atoms with Gasteiger partial charge in [0.2, 0.25) is 0 Å². The van der Waals surface area contributed by atoms with E-state index in [-0.39, 0.29) is 11.5 Å². The van der Waals surface area contributed by atoms with E-state index in [0.717, 1.165) is 12.2 Å². The molecular formula is C13H22N2O. The van der Waals surface area contributed by atoms with Crippen molar-refractivity contribution in [3.8, 4) is 0 Å². The summed E-state index contributed by atoms with van der Waals surface area (Å²) in [7, 11) is 0. The minimum Gasteiger partial charge on any atom is -0.391 e. The minimum atomic E-state index is -0.302. The number of nitrogens with zero attached hydrogens (tertiary/aromatic N) is 1. The van der Waals surface area contributed by atoms with Gasteiger partial charge in [0, 0.05) is 12.7 Å². The molecule has 0 fully saturated rings. The van der Waals surface area contributed by atoms with Crippen LogP contribution in [-0.2, 0) is 5.41 Å². The highest BCUT2D eigenvalue weighted by Crippen LogP contribution is 2.21. The predicted molar refractivity (Wildman–Crippen MR) is 67.7 cm³/mol. The fourth-order valence-electron chi connectivity index (χ4n) is 1.31. The zero-order valence-electron chi connectivity index (χ0n) is 10.6. The van der Waals surface area contributed by atoms with E-state index in [4.69, 9.17) is 0 Å². The summed E-state index contributed by atoms with van der Waals surface area (Å²) in [5.41, 5.74) is 1.35. The van der Waals surface area contributed by atoms with Crippen LogP contribution in [0.3, 0.4) is 0 Å². The van der Waals surface area contributed by atoms with Gasteiger partial charge in [0.25, 0.3) is 0 Å². The Bertz CT molecular complexity index is 314. The third-order valence-corrected chi connectivity index (χ3v) is 2.62. The lowest BCUT2D eigenvalue weighted by Gasteiger charge is -2.18. The number of aliphatic hydroxyl groups is 1. The van der Waals surface area contributed by atoms with Gasteiger partial charge in [0.15, 0.2) is 0 Å². The number of hydrogen-bond acceptors (Lipinski definition) is 3. The maximum Gasteiger partial charge on any atom is 0.125 e. The van der Waals surface area contributed by atoms with E-state index >= 15 is 0 Å². The van der Waals surface area contributed by atoms with Crippen molar-refractivity contribution in [1.82, 2.24) is 4.98 Å². The van der Waals surface area contributed by atoms with Gasteiger partial charge in [-0.25, -0.2) is 4.98 Å². The summed E-state index contributed by atoms with van der Waals surface area (Å²) in [5, 5.41) is 12.5. The van der Waals surface area contributed by atoms with Crippen molar-refractivity contribution in [1.29, 1.82) is 0 Å². The number of pyridine rings is 1. The van der Waals surface area contributed by atoms with Crippen LogP contribution >= 0.6 is 0 Å². The Labute approximate surface area is 97.9 Å². The van der Waals surface area contributed by atoms with Crippen LogP contribution in [0.2, 0.25) is 0 Å². The summed E-state index contributed by atoms with van der Waals surface area (Å²) in [5.74, 6) is 0.820. The number of aromatic nitrogens is 1.